The second-order valence-corrected chi connectivity index (χ2v) is 4.45. The highest BCUT2D eigenvalue weighted by atomic mass is 35.5. The molecule has 0 aromatic carbocycles. The number of rotatable bonds is 0. The summed E-state index contributed by atoms with van der Waals surface area (Å²) < 4.78 is 73.9. The molecule has 92 valence electrons. The molecule has 0 spiro atoms. The van der Waals surface area contributed by atoms with Gasteiger partial charge in [0.1, 0.15) is 0 Å². The topological polar surface area (TPSA) is 0 Å². The molecule has 0 aliphatic heterocycles. The van der Waals surface area contributed by atoms with Crippen molar-refractivity contribution in [3.05, 3.63) is 24.3 Å². The van der Waals surface area contributed by atoms with Crippen LogP contribution in [0, 0.1) is 0 Å². The Morgan fingerprint density at radius 3 is 0.938 bits per heavy atom. The first-order valence-electron chi connectivity index (χ1n) is 3.83. The molecule has 0 N–H and O–H groups in total. The van der Waals surface area contributed by atoms with Gasteiger partial charge in [-0.2, -0.15) is 26.3 Å². The van der Waals surface area contributed by atoms with E-state index in [1.807, 2.05) is 0 Å². The molecule has 0 nitrogen and oxygen atoms in total. The summed E-state index contributed by atoms with van der Waals surface area (Å²) >= 11 is 10.2. The zero-order valence-electron chi connectivity index (χ0n) is 7.33. The molecule has 0 atom stereocenters. The largest absolute Gasteiger partial charge is 0.414 e. The molecule has 0 aromatic heterocycles. The molecule has 0 unspecified atom stereocenters. The van der Waals surface area contributed by atoms with Crippen molar-refractivity contribution in [3.63, 3.8) is 0 Å². The molecule has 16 heavy (non-hydrogen) atoms. The summed E-state index contributed by atoms with van der Waals surface area (Å²) in [6, 6.07) is 0. The minimum absolute atomic E-state index is 0.190. The van der Waals surface area contributed by atoms with Gasteiger partial charge in [-0.1, -0.05) is 24.3 Å². The van der Waals surface area contributed by atoms with Crippen LogP contribution < -0.4 is 0 Å². The molecule has 1 aliphatic carbocycles. The Labute approximate surface area is 96.5 Å². The molecular formula is C8H4Cl2F6. The molecule has 0 heterocycles. The Hall–Kier alpha value is -0.360. The quantitative estimate of drug-likeness (QED) is 0.355. The zero-order valence-corrected chi connectivity index (χ0v) is 8.84. The smallest absolute Gasteiger partial charge is 0.168 e. The van der Waals surface area contributed by atoms with Gasteiger partial charge in [0.15, 0.2) is 9.75 Å². The third-order valence-corrected chi connectivity index (χ3v) is 2.94. The molecule has 1 rings (SSSR count). The summed E-state index contributed by atoms with van der Waals surface area (Å²) in [4.78, 5) is -5.87. The van der Waals surface area contributed by atoms with Gasteiger partial charge in [0.05, 0.1) is 0 Å². The second kappa shape index (κ2) is 3.57. The minimum Gasteiger partial charge on any atom is -0.168 e. The lowest BCUT2D eigenvalue weighted by atomic mass is 9.94. The van der Waals surface area contributed by atoms with Gasteiger partial charge in [0, 0.05) is 0 Å². The molecule has 8 heteroatoms. The summed E-state index contributed by atoms with van der Waals surface area (Å²) in [7, 11) is 0. The number of halogens is 8. The summed E-state index contributed by atoms with van der Waals surface area (Å²) in [5, 5.41) is 0. The van der Waals surface area contributed by atoms with Crippen LogP contribution in [0.15, 0.2) is 24.3 Å². The molecule has 0 saturated carbocycles. The predicted octanol–water partition coefficient (Wildman–Crippen LogP) is 4.19. The maximum absolute atomic E-state index is 12.3. The van der Waals surface area contributed by atoms with Gasteiger partial charge in [-0.05, 0) is 0 Å². The van der Waals surface area contributed by atoms with Gasteiger partial charge < -0.3 is 0 Å². The van der Waals surface area contributed by atoms with E-state index in [4.69, 9.17) is 23.2 Å². The van der Waals surface area contributed by atoms with Crippen LogP contribution in [0.1, 0.15) is 0 Å². The maximum atomic E-state index is 12.3. The Morgan fingerprint density at radius 1 is 0.625 bits per heavy atom. The van der Waals surface area contributed by atoms with E-state index in [1.165, 1.54) is 0 Å². The van der Waals surface area contributed by atoms with Crippen molar-refractivity contribution in [1.82, 2.24) is 0 Å². The van der Waals surface area contributed by atoms with Crippen molar-refractivity contribution in [3.8, 4) is 0 Å². The highest BCUT2D eigenvalue weighted by Crippen LogP contribution is 2.47. The lowest BCUT2D eigenvalue weighted by Gasteiger charge is -2.31. The molecule has 0 saturated heterocycles. The third-order valence-electron chi connectivity index (χ3n) is 2.01. The fraction of sp³-hybridized carbons (Fsp3) is 0.500. The van der Waals surface area contributed by atoms with Gasteiger partial charge in [0.2, 0.25) is 0 Å². The summed E-state index contributed by atoms with van der Waals surface area (Å²) in [5.41, 5.74) is 0. The maximum Gasteiger partial charge on any atom is 0.414 e. The van der Waals surface area contributed by atoms with Crippen LogP contribution in [0.4, 0.5) is 26.3 Å². The zero-order chi connectivity index (χ0) is 12.8. The fourth-order valence-corrected chi connectivity index (χ4v) is 1.23. The predicted molar refractivity (Wildman–Crippen MR) is 47.6 cm³/mol. The van der Waals surface area contributed by atoms with E-state index >= 15 is 0 Å². The average Bonchev–Trinajstić information content (AvgIpc) is 2.07. The minimum atomic E-state index is -4.88. The lowest BCUT2D eigenvalue weighted by molar-refractivity contribution is -0.147. The van der Waals surface area contributed by atoms with Gasteiger partial charge >= 0.3 is 12.4 Å². The average molecular weight is 285 g/mol. The SMILES string of the molecule is FC(F)(F)C1(Cl)C=CC(Cl)(C(F)(F)F)C=C1. The first-order valence-corrected chi connectivity index (χ1v) is 4.59. The van der Waals surface area contributed by atoms with E-state index in [0.717, 1.165) is 0 Å². The van der Waals surface area contributed by atoms with Gasteiger partial charge in [0.25, 0.3) is 0 Å². The normalized spacial score (nSPS) is 35.5. The lowest BCUT2D eigenvalue weighted by Crippen LogP contribution is -2.43. The van der Waals surface area contributed by atoms with Crippen LogP contribution in [0.5, 0.6) is 0 Å². The Morgan fingerprint density at radius 2 is 0.812 bits per heavy atom. The Kier molecular flexibility index (Phi) is 3.05. The van der Waals surface area contributed by atoms with Crippen LogP contribution in [-0.4, -0.2) is 22.1 Å². The Bertz CT molecular complexity index is 291. The van der Waals surface area contributed by atoms with Gasteiger partial charge in [-0.25, -0.2) is 0 Å². The highest BCUT2D eigenvalue weighted by molar-refractivity contribution is 6.30. The van der Waals surface area contributed by atoms with Crippen molar-refractivity contribution < 1.29 is 26.3 Å². The standard InChI is InChI=1S/C8H4Cl2F6/c9-5(7(11,12)13)1-2-6(10,4-3-5)8(14,15)16/h1-4H. The van der Waals surface area contributed by atoms with E-state index in [2.05, 4.69) is 0 Å². The van der Waals surface area contributed by atoms with E-state index in [9.17, 15) is 26.3 Å². The van der Waals surface area contributed by atoms with Crippen molar-refractivity contribution in [2.75, 3.05) is 0 Å². The van der Waals surface area contributed by atoms with Gasteiger partial charge in [-0.3, -0.25) is 0 Å². The van der Waals surface area contributed by atoms with E-state index < -0.39 is 22.1 Å². The molecule has 1 aliphatic rings. The molecule has 0 amide bonds. The van der Waals surface area contributed by atoms with E-state index in [1.54, 1.807) is 0 Å². The number of hydrogen-bond acceptors (Lipinski definition) is 0. The van der Waals surface area contributed by atoms with E-state index in [0.29, 0.717) is 0 Å². The fourth-order valence-electron chi connectivity index (χ4n) is 0.974. The van der Waals surface area contributed by atoms with Crippen molar-refractivity contribution >= 4 is 23.2 Å². The van der Waals surface area contributed by atoms with Crippen LogP contribution in [0.25, 0.3) is 0 Å². The van der Waals surface area contributed by atoms with E-state index in [-0.39, 0.29) is 24.3 Å². The number of alkyl halides is 8. The Balaban J connectivity index is 3.06. The number of hydrogen-bond donors (Lipinski definition) is 0. The number of allylic oxidation sites excluding steroid dienone is 4. The van der Waals surface area contributed by atoms with Crippen molar-refractivity contribution in [2.45, 2.75) is 22.1 Å². The first kappa shape index (κ1) is 13.7. The highest BCUT2D eigenvalue weighted by Gasteiger charge is 2.57. The molecule has 0 aromatic rings. The van der Waals surface area contributed by atoms with Crippen LogP contribution in [0.2, 0.25) is 0 Å². The molecule has 0 bridgehead atoms. The van der Waals surface area contributed by atoms with Gasteiger partial charge in [-0.15, -0.1) is 23.2 Å². The van der Waals surface area contributed by atoms with Crippen LogP contribution in [-0.2, 0) is 0 Å². The molecular weight excluding hydrogens is 281 g/mol. The summed E-state index contributed by atoms with van der Waals surface area (Å²) in [6.07, 6.45) is -9.01. The van der Waals surface area contributed by atoms with Crippen molar-refractivity contribution in [1.29, 1.82) is 0 Å². The summed E-state index contributed by atoms with van der Waals surface area (Å²) in [6.45, 7) is 0. The summed E-state index contributed by atoms with van der Waals surface area (Å²) in [5.74, 6) is 0. The van der Waals surface area contributed by atoms with Crippen LogP contribution >= 0.6 is 23.2 Å². The molecule has 0 fully saturated rings. The third kappa shape index (κ3) is 2.18. The first-order chi connectivity index (χ1) is 6.91. The monoisotopic (exact) mass is 284 g/mol. The van der Waals surface area contributed by atoms with Crippen LogP contribution in [0.3, 0.4) is 0 Å². The molecule has 0 radical (unpaired) electrons. The van der Waals surface area contributed by atoms with Crippen molar-refractivity contribution in [2.24, 2.45) is 0 Å². The second-order valence-electron chi connectivity index (χ2n) is 3.20.